The van der Waals surface area contributed by atoms with Crippen LogP contribution in [0.25, 0.3) is 22.3 Å². The van der Waals surface area contributed by atoms with Gasteiger partial charge in [0.2, 0.25) is 11.2 Å². The minimum atomic E-state index is -0.225. The van der Waals surface area contributed by atoms with E-state index in [0.717, 1.165) is 23.1 Å². The summed E-state index contributed by atoms with van der Waals surface area (Å²) in [5.74, 6) is 0.623. The number of aryl methyl sites for hydroxylation is 2. The number of benzene rings is 3. The van der Waals surface area contributed by atoms with Crippen molar-refractivity contribution in [2.45, 2.75) is 26.9 Å². The van der Waals surface area contributed by atoms with Crippen LogP contribution >= 0.6 is 11.6 Å². The minimum Gasteiger partial charge on any atom is -0.481 e. The van der Waals surface area contributed by atoms with Gasteiger partial charge in [-0.2, -0.15) is 0 Å². The van der Waals surface area contributed by atoms with Crippen molar-refractivity contribution < 1.29 is 9.15 Å². The molecule has 4 rings (SSSR count). The molecule has 29 heavy (non-hydrogen) atoms. The zero-order chi connectivity index (χ0) is 20.4. The summed E-state index contributed by atoms with van der Waals surface area (Å²) in [6.07, 6.45) is 0.980. The Hall–Kier alpha value is -3.04. The van der Waals surface area contributed by atoms with Gasteiger partial charge in [-0.25, -0.2) is 0 Å². The minimum absolute atomic E-state index is 0.197. The van der Waals surface area contributed by atoms with Gasteiger partial charge in [0.15, 0.2) is 5.76 Å². The molecule has 0 saturated carbocycles. The molecule has 0 aliphatic carbocycles. The predicted molar refractivity (Wildman–Crippen MR) is 118 cm³/mol. The van der Waals surface area contributed by atoms with E-state index in [1.165, 1.54) is 5.56 Å². The molecule has 0 N–H and O–H groups in total. The average Bonchev–Trinajstić information content (AvgIpc) is 2.75. The van der Waals surface area contributed by atoms with Gasteiger partial charge >= 0.3 is 0 Å². The second kappa shape index (κ2) is 8.14. The van der Waals surface area contributed by atoms with Crippen LogP contribution in [0, 0.1) is 6.92 Å². The topological polar surface area (TPSA) is 39.4 Å². The van der Waals surface area contributed by atoms with E-state index in [4.69, 9.17) is 20.8 Å². The molecule has 4 heteroatoms. The lowest BCUT2D eigenvalue weighted by molar-refractivity contribution is 0.298. The van der Waals surface area contributed by atoms with Crippen LogP contribution in [0.3, 0.4) is 0 Å². The first kappa shape index (κ1) is 19.3. The first-order chi connectivity index (χ1) is 14.1. The molecule has 0 bridgehead atoms. The van der Waals surface area contributed by atoms with Crippen LogP contribution in [-0.2, 0) is 13.0 Å². The number of rotatable bonds is 5. The van der Waals surface area contributed by atoms with E-state index < -0.39 is 0 Å². The van der Waals surface area contributed by atoms with Crippen molar-refractivity contribution in [2.75, 3.05) is 0 Å². The molecule has 4 aromatic rings. The number of fused-ring (bicyclic) bond motifs is 1. The number of hydrogen-bond acceptors (Lipinski definition) is 3. The molecule has 0 aliphatic heterocycles. The molecule has 0 radical (unpaired) electrons. The monoisotopic (exact) mass is 404 g/mol. The van der Waals surface area contributed by atoms with Crippen molar-refractivity contribution in [3.8, 4) is 17.1 Å². The fourth-order valence-corrected chi connectivity index (χ4v) is 3.40. The summed E-state index contributed by atoms with van der Waals surface area (Å²) >= 11 is 6.25. The molecule has 1 aromatic heterocycles. The fraction of sp³-hybridized carbons (Fsp3) is 0.160. The summed E-state index contributed by atoms with van der Waals surface area (Å²) in [6.45, 7) is 4.28. The highest BCUT2D eigenvalue weighted by Crippen LogP contribution is 2.33. The highest BCUT2D eigenvalue weighted by molar-refractivity contribution is 6.32. The number of halogens is 1. The van der Waals surface area contributed by atoms with Gasteiger partial charge in [-0.1, -0.05) is 73.1 Å². The maximum absolute atomic E-state index is 13.3. The van der Waals surface area contributed by atoms with Crippen LogP contribution in [0.1, 0.15) is 23.6 Å². The Bertz CT molecular complexity index is 1210. The van der Waals surface area contributed by atoms with Crippen molar-refractivity contribution in [3.63, 3.8) is 0 Å². The molecular formula is C25H21ClO3. The van der Waals surface area contributed by atoms with Gasteiger partial charge in [0.05, 0.1) is 5.39 Å². The molecule has 3 nitrogen and oxygen atoms in total. The van der Waals surface area contributed by atoms with Gasteiger partial charge in [0.1, 0.15) is 12.2 Å². The summed E-state index contributed by atoms with van der Waals surface area (Å²) in [5, 5.41) is 0.940. The Morgan fingerprint density at radius 3 is 2.34 bits per heavy atom. The van der Waals surface area contributed by atoms with Crippen molar-refractivity contribution in [2.24, 2.45) is 0 Å². The maximum atomic E-state index is 13.3. The lowest BCUT2D eigenvalue weighted by Gasteiger charge is -2.13. The van der Waals surface area contributed by atoms with Crippen LogP contribution in [0.4, 0.5) is 0 Å². The van der Waals surface area contributed by atoms with Crippen molar-refractivity contribution in [1.29, 1.82) is 0 Å². The van der Waals surface area contributed by atoms with E-state index in [9.17, 15) is 4.79 Å². The Labute approximate surface area is 174 Å². The lowest BCUT2D eigenvalue weighted by Crippen LogP contribution is -2.10. The summed E-state index contributed by atoms with van der Waals surface area (Å²) in [5.41, 5.74) is 4.16. The van der Waals surface area contributed by atoms with Gasteiger partial charge in [-0.15, -0.1) is 0 Å². The van der Waals surface area contributed by atoms with Gasteiger partial charge < -0.3 is 9.15 Å². The van der Waals surface area contributed by atoms with Gasteiger partial charge in [0.25, 0.3) is 0 Å². The van der Waals surface area contributed by atoms with E-state index in [2.05, 4.69) is 19.1 Å². The molecule has 0 atom stereocenters. The second-order valence-electron chi connectivity index (χ2n) is 7.01. The van der Waals surface area contributed by atoms with Crippen LogP contribution in [-0.4, -0.2) is 0 Å². The van der Waals surface area contributed by atoms with E-state index in [1.54, 1.807) is 12.1 Å². The standard InChI is InChI=1S/C25H21ClO3/c1-3-17-9-11-18(12-10-17)15-28-25-23(27)20-14-21(26)16(2)13-22(20)29-24(25)19-7-5-4-6-8-19/h4-14H,3,15H2,1-2H3. The molecule has 1 heterocycles. The molecule has 0 aliphatic rings. The summed E-state index contributed by atoms with van der Waals surface area (Å²) in [7, 11) is 0. The zero-order valence-corrected chi connectivity index (χ0v) is 17.1. The summed E-state index contributed by atoms with van der Waals surface area (Å²) in [4.78, 5) is 13.3. The quantitative estimate of drug-likeness (QED) is 0.378. The van der Waals surface area contributed by atoms with Crippen molar-refractivity contribution >= 4 is 22.6 Å². The average molecular weight is 405 g/mol. The highest BCUT2D eigenvalue weighted by atomic mass is 35.5. The number of ether oxygens (including phenoxy) is 1. The lowest BCUT2D eigenvalue weighted by atomic mass is 10.1. The SMILES string of the molecule is CCc1ccc(COc2c(-c3ccccc3)oc3cc(C)c(Cl)cc3c2=O)cc1. The Balaban J connectivity index is 1.82. The Morgan fingerprint density at radius 2 is 1.66 bits per heavy atom. The molecule has 0 fully saturated rings. The zero-order valence-electron chi connectivity index (χ0n) is 16.4. The summed E-state index contributed by atoms with van der Waals surface area (Å²) in [6, 6.07) is 21.1. The highest BCUT2D eigenvalue weighted by Gasteiger charge is 2.18. The third kappa shape index (κ3) is 3.92. The molecule has 146 valence electrons. The third-order valence-corrected chi connectivity index (χ3v) is 5.39. The van der Waals surface area contributed by atoms with Crippen LogP contribution < -0.4 is 10.2 Å². The fourth-order valence-electron chi connectivity index (χ4n) is 3.24. The smallest absolute Gasteiger partial charge is 0.235 e. The predicted octanol–water partition coefficient (Wildman–Crippen LogP) is 6.56. The van der Waals surface area contributed by atoms with Crippen LogP contribution in [0.15, 0.2) is 75.9 Å². The van der Waals surface area contributed by atoms with E-state index in [0.29, 0.717) is 21.8 Å². The molecule has 3 aromatic carbocycles. The Morgan fingerprint density at radius 1 is 0.966 bits per heavy atom. The van der Waals surface area contributed by atoms with Gasteiger partial charge in [0, 0.05) is 10.6 Å². The normalized spacial score (nSPS) is 11.0. The van der Waals surface area contributed by atoms with Crippen LogP contribution in [0.5, 0.6) is 5.75 Å². The van der Waals surface area contributed by atoms with Crippen molar-refractivity contribution in [3.05, 3.63) is 98.7 Å². The summed E-state index contributed by atoms with van der Waals surface area (Å²) < 4.78 is 12.1. The van der Waals surface area contributed by atoms with Crippen LogP contribution in [0.2, 0.25) is 5.02 Å². The molecular weight excluding hydrogens is 384 g/mol. The van der Waals surface area contributed by atoms with Crippen molar-refractivity contribution in [1.82, 2.24) is 0 Å². The number of hydrogen-bond donors (Lipinski definition) is 0. The van der Waals surface area contributed by atoms with Gasteiger partial charge in [-0.3, -0.25) is 4.79 Å². The molecule has 0 amide bonds. The van der Waals surface area contributed by atoms with E-state index in [1.807, 2.05) is 49.4 Å². The van der Waals surface area contributed by atoms with E-state index >= 15 is 0 Å². The molecule has 0 spiro atoms. The molecule has 0 saturated heterocycles. The first-order valence-electron chi connectivity index (χ1n) is 9.60. The van der Waals surface area contributed by atoms with Gasteiger partial charge in [-0.05, 0) is 42.2 Å². The largest absolute Gasteiger partial charge is 0.481 e. The third-order valence-electron chi connectivity index (χ3n) is 4.98. The Kier molecular flexibility index (Phi) is 5.41. The molecule has 0 unspecified atom stereocenters. The second-order valence-corrected chi connectivity index (χ2v) is 7.42. The first-order valence-corrected chi connectivity index (χ1v) is 9.97. The van der Waals surface area contributed by atoms with E-state index in [-0.39, 0.29) is 17.8 Å². The maximum Gasteiger partial charge on any atom is 0.235 e.